The molecule has 21 heavy (non-hydrogen) atoms. The topological polar surface area (TPSA) is 81.9 Å². The normalized spacial score (nSPS) is 37.9. The molecule has 3 aliphatic rings. The average molecular weight is 298 g/mol. The number of likely N-dealkylation sites (N-methyl/N-ethyl adjacent to an activating group) is 1. The van der Waals surface area contributed by atoms with E-state index in [4.69, 9.17) is 0 Å². The Labute approximate surface area is 125 Å². The smallest absolute Gasteiger partial charge is 0.266 e. The second-order valence-corrected chi connectivity index (χ2v) is 7.05. The first kappa shape index (κ1) is 15.1. The molecular weight excluding hydrogens is 272 g/mol. The molecule has 3 heterocycles. The molecule has 2 N–H and O–H groups in total. The van der Waals surface area contributed by atoms with Crippen LogP contribution in [0.4, 0.5) is 0 Å². The summed E-state index contributed by atoms with van der Waals surface area (Å²) in [6, 6.07) is 0.380. The zero-order valence-corrected chi connectivity index (χ0v) is 12.7. The van der Waals surface area contributed by atoms with Gasteiger partial charge in [-0.1, -0.05) is 0 Å². The molecule has 0 aromatic heterocycles. The average Bonchev–Trinajstić information content (AvgIpc) is 2.46. The highest BCUT2D eigenvalue weighted by Gasteiger charge is 2.47. The number of nitrogens with zero attached hydrogens (tertiary/aromatic N) is 3. The summed E-state index contributed by atoms with van der Waals surface area (Å²) in [5.74, 6) is 0.343. The summed E-state index contributed by atoms with van der Waals surface area (Å²) in [5, 5.41) is 24.5. The summed E-state index contributed by atoms with van der Waals surface area (Å²) in [5.41, 5.74) is -0.515. The van der Waals surface area contributed by atoms with Gasteiger partial charge in [-0.2, -0.15) is 0 Å². The number of piperidine rings is 2. The van der Waals surface area contributed by atoms with Gasteiger partial charge in [0, 0.05) is 49.5 Å². The van der Waals surface area contributed by atoms with Crippen molar-refractivity contribution in [2.45, 2.75) is 43.5 Å². The van der Waals surface area contributed by atoms with Gasteiger partial charge < -0.3 is 10.0 Å². The Kier molecular flexibility index (Phi) is 4.18. The lowest BCUT2D eigenvalue weighted by molar-refractivity contribution is -0.532. The van der Waals surface area contributed by atoms with Crippen molar-refractivity contribution in [3.8, 4) is 0 Å². The molecule has 3 fully saturated rings. The second kappa shape index (κ2) is 5.79. The zero-order valence-electron chi connectivity index (χ0n) is 12.7. The molecule has 3 rings (SSSR count). The standard InChI is InChI=1S/C14H26N4O3/c1-16-9-14(19,10-16)11-3-2-6-17(8-11)12-4-5-13(15-7-12)18(20)21/h11-13,15,19H,2-10H2,1H3. The Morgan fingerprint density at radius 1 is 1.33 bits per heavy atom. The lowest BCUT2D eigenvalue weighted by atomic mass is 9.76. The lowest BCUT2D eigenvalue weighted by Crippen LogP contribution is -2.67. The Morgan fingerprint density at radius 3 is 2.67 bits per heavy atom. The van der Waals surface area contributed by atoms with Crippen molar-refractivity contribution in [1.82, 2.24) is 15.1 Å². The Bertz CT molecular complexity index is 392. The van der Waals surface area contributed by atoms with Crippen molar-refractivity contribution in [3.63, 3.8) is 0 Å². The molecule has 0 aromatic carbocycles. The fraction of sp³-hybridized carbons (Fsp3) is 1.00. The molecule has 3 saturated heterocycles. The van der Waals surface area contributed by atoms with Gasteiger partial charge in [0.1, 0.15) is 0 Å². The predicted octanol–water partition coefficient (Wildman–Crippen LogP) is -0.270. The zero-order chi connectivity index (χ0) is 15.0. The number of hydrogen-bond donors (Lipinski definition) is 2. The maximum Gasteiger partial charge on any atom is 0.266 e. The number of hydrogen-bond acceptors (Lipinski definition) is 6. The monoisotopic (exact) mass is 298 g/mol. The molecule has 7 nitrogen and oxygen atoms in total. The van der Waals surface area contributed by atoms with Crippen LogP contribution < -0.4 is 5.32 Å². The van der Waals surface area contributed by atoms with E-state index in [1.807, 2.05) is 7.05 Å². The molecule has 3 unspecified atom stereocenters. The summed E-state index contributed by atoms with van der Waals surface area (Å²) in [6.45, 7) is 4.23. The van der Waals surface area contributed by atoms with Crippen LogP contribution in [0.15, 0.2) is 0 Å². The predicted molar refractivity (Wildman–Crippen MR) is 78.6 cm³/mol. The van der Waals surface area contributed by atoms with Crippen molar-refractivity contribution in [3.05, 3.63) is 10.1 Å². The van der Waals surface area contributed by atoms with E-state index >= 15 is 0 Å². The summed E-state index contributed by atoms with van der Waals surface area (Å²) < 4.78 is 0. The molecule has 0 aromatic rings. The van der Waals surface area contributed by atoms with Gasteiger partial charge in [0.2, 0.25) is 0 Å². The Morgan fingerprint density at radius 2 is 2.10 bits per heavy atom. The largest absolute Gasteiger partial charge is 0.387 e. The van der Waals surface area contributed by atoms with Gasteiger partial charge in [0.15, 0.2) is 0 Å². The molecular formula is C14H26N4O3. The molecule has 3 aliphatic heterocycles. The fourth-order valence-electron chi connectivity index (χ4n) is 4.24. The van der Waals surface area contributed by atoms with E-state index in [1.165, 1.54) is 0 Å². The number of likely N-dealkylation sites (tertiary alicyclic amines) is 2. The van der Waals surface area contributed by atoms with E-state index in [1.54, 1.807) is 0 Å². The minimum absolute atomic E-state index is 0.220. The Hall–Kier alpha value is -0.760. The fourth-order valence-corrected chi connectivity index (χ4v) is 4.24. The Balaban J connectivity index is 1.54. The van der Waals surface area contributed by atoms with Crippen LogP contribution in [0.25, 0.3) is 0 Å². The SMILES string of the molecule is CN1CC(O)(C2CCCN(C3CCC([N+](=O)[O-])NC3)C2)C1. The number of nitrogens with one attached hydrogen (secondary N) is 1. The van der Waals surface area contributed by atoms with E-state index < -0.39 is 11.8 Å². The van der Waals surface area contributed by atoms with Crippen LogP contribution >= 0.6 is 0 Å². The van der Waals surface area contributed by atoms with Crippen molar-refractivity contribution >= 4 is 0 Å². The maximum atomic E-state index is 10.8. The highest BCUT2D eigenvalue weighted by molar-refractivity contribution is 5.01. The van der Waals surface area contributed by atoms with Crippen LogP contribution in [0.1, 0.15) is 25.7 Å². The number of nitro groups is 1. The van der Waals surface area contributed by atoms with Crippen molar-refractivity contribution < 1.29 is 10.0 Å². The number of β-amino-alcohol motifs (C(OH)–C–C–N with tert-alkyl or cyclic N) is 1. The molecule has 0 saturated carbocycles. The molecule has 3 atom stereocenters. The van der Waals surface area contributed by atoms with Crippen LogP contribution in [0.5, 0.6) is 0 Å². The lowest BCUT2D eigenvalue weighted by Gasteiger charge is -2.52. The quantitative estimate of drug-likeness (QED) is 0.551. The molecule has 0 amide bonds. The number of rotatable bonds is 3. The summed E-state index contributed by atoms with van der Waals surface area (Å²) in [6.07, 6.45) is 3.12. The van der Waals surface area contributed by atoms with Gasteiger partial charge in [-0.3, -0.25) is 20.3 Å². The van der Waals surface area contributed by atoms with E-state index in [0.717, 1.165) is 45.4 Å². The molecule has 0 aliphatic carbocycles. The highest BCUT2D eigenvalue weighted by atomic mass is 16.6. The molecule has 0 bridgehead atoms. The third kappa shape index (κ3) is 3.06. The van der Waals surface area contributed by atoms with Crippen molar-refractivity contribution in [1.29, 1.82) is 0 Å². The third-order valence-corrected chi connectivity index (χ3v) is 5.43. The van der Waals surface area contributed by atoms with Crippen LogP contribution in [0.3, 0.4) is 0 Å². The molecule has 0 radical (unpaired) electrons. The van der Waals surface area contributed by atoms with Crippen LogP contribution in [-0.2, 0) is 0 Å². The van der Waals surface area contributed by atoms with Gasteiger partial charge in [-0.25, -0.2) is 0 Å². The molecule has 120 valence electrons. The van der Waals surface area contributed by atoms with Gasteiger partial charge in [0.25, 0.3) is 6.17 Å². The first-order valence-electron chi connectivity index (χ1n) is 8.00. The van der Waals surface area contributed by atoms with Gasteiger partial charge in [0.05, 0.1) is 5.60 Å². The van der Waals surface area contributed by atoms with Crippen LogP contribution in [-0.4, -0.2) is 77.4 Å². The first-order chi connectivity index (χ1) is 9.98. The van der Waals surface area contributed by atoms with E-state index in [2.05, 4.69) is 15.1 Å². The van der Waals surface area contributed by atoms with Gasteiger partial charge in [-0.15, -0.1) is 0 Å². The minimum atomic E-state index is -0.577. The highest BCUT2D eigenvalue weighted by Crippen LogP contribution is 2.35. The third-order valence-electron chi connectivity index (χ3n) is 5.43. The van der Waals surface area contributed by atoms with Gasteiger partial charge in [-0.05, 0) is 32.9 Å². The van der Waals surface area contributed by atoms with Crippen molar-refractivity contribution in [2.75, 3.05) is 39.8 Å². The number of aliphatic hydroxyl groups is 1. The first-order valence-corrected chi connectivity index (χ1v) is 8.00. The van der Waals surface area contributed by atoms with Crippen LogP contribution in [0, 0.1) is 16.0 Å². The summed E-state index contributed by atoms with van der Waals surface area (Å²) >= 11 is 0. The molecule has 0 spiro atoms. The second-order valence-electron chi connectivity index (χ2n) is 7.05. The van der Waals surface area contributed by atoms with Crippen LogP contribution in [0.2, 0.25) is 0 Å². The van der Waals surface area contributed by atoms with Gasteiger partial charge >= 0.3 is 0 Å². The summed E-state index contributed by atoms with van der Waals surface area (Å²) in [4.78, 5) is 15.2. The maximum absolute atomic E-state index is 10.8. The summed E-state index contributed by atoms with van der Waals surface area (Å²) in [7, 11) is 2.04. The van der Waals surface area contributed by atoms with E-state index in [-0.39, 0.29) is 4.92 Å². The van der Waals surface area contributed by atoms with Crippen molar-refractivity contribution in [2.24, 2.45) is 5.92 Å². The molecule has 7 heteroatoms. The van der Waals surface area contributed by atoms with E-state index in [0.29, 0.717) is 24.9 Å². The minimum Gasteiger partial charge on any atom is -0.387 e. The van der Waals surface area contributed by atoms with E-state index in [9.17, 15) is 15.2 Å².